The molecule has 1 atom stereocenters. The smallest absolute Gasteiger partial charge is 0.326 e. The first-order valence-electron chi connectivity index (χ1n) is 5.58. The quantitative estimate of drug-likeness (QED) is 0.631. The third kappa shape index (κ3) is 4.22. The van der Waals surface area contributed by atoms with Crippen molar-refractivity contribution in [2.45, 2.75) is 12.5 Å². The van der Waals surface area contributed by atoms with Crippen LogP contribution in [0.3, 0.4) is 0 Å². The Morgan fingerprint density at radius 2 is 2.15 bits per heavy atom. The van der Waals surface area contributed by atoms with E-state index in [2.05, 4.69) is 10.6 Å². The molecule has 0 unspecified atom stereocenters. The minimum absolute atomic E-state index is 0.0946. The molecule has 0 saturated carbocycles. The number of aliphatic hydroxyl groups is 1. The molecule has 1 rings (SSSR count). The van der Waals surface area contributed by atoms with Crippen molar-refractivity contribution in [3.8, 4) is 6.07 Å². The summed E-state index contributed by atoms with van der Waals surface area (Å²) < 4.78 is 13.5. The highest BCUT2D eigenvalue weighted by Gasteiger charge is 2.19. The lowest BCUT2D eigenvalue weighted by molar-refractivity contribution is -0.139. The van der Waals surface area contributed by atoms with Gasteiger partial charge in [-0.05, 0) is 18.2 Å². The lowest BCUT2D eigenvalue weighted by Crippen LogP contribution is -2.43. The van der Waals surface area contributed by atoms with Gasteiger partial charge in [0.15, 0.2) is 0 Å². The second-order valence-electron chi connectivity index (χ2n) is 3.81. The molecule has 8 heteroatoms. The van der Waals surface area contributed by atoms with E-state index >= 15 is 0 Å². The van der Waals surface area contributed by atoms with Crippen LogP contribution >= 0.6 is 0 Å². The lowest BCUT2D eigenvalue weighted by Gasteiger charge is -2.14. The number of halogens is 1. The van der Waals surface area contributed by atoms with Crippen molar-refractivity contribution in [1.29, 1.82) is 5.26 Å². The van der Waals surface area contributed by atoms with Crippen LogP contribution in [0.25, 0.3) is 0 Å². The number of urea groups is 1. The molecule has 0 bridgehead atoms. The molecule has 0 radical (unpaired) electrons. The summed E-state index contributed by atoms with van der Waals surface area (Å²) >= 11 is 0. The van der Waals surface area contributed by atoms with Crippen molar-refractivity contribution in [1.82, 2.24) is 5.32 Å². The highest BCUT2D eigenvalue weighted by atomic mass is 19.1. The average molecular weight is 281 g/mol. The van der Waals surface area contributed by atoms with Gasteiger partial charge in [-0.1, -0.05) is 0 Å². The third-order valence-electron chi connectivity index (χ3n) is 2.37. The Hall–Kier alpha value is -2.66. The second-order valence-corrected chi connectivity index (χ2v) is 3.81. The van der Waals surface area contributed by atoms with E-state index in [0.29, 0.717) is 0 Å². The molecular weight excluding hydrogens is 269 g/mol. The second kappa shape index (κ2) is 7.06. The van der Waals surface area contributed by atoms with Crippen molar-refractivity contribution in [3.05, 3.63) is 29.6 Å². The molecule has 4 N–H and O–H groups in total. The van der Waals surface area contributed by atoms with Crippen LogP contribution in [0.4, 0.5) is 14.9 Å². The van der Waals surface area contributed by atoms with Gasteiger partial charge in [0.1, 0.15) is 11.9 Å². The minimum atomic E-state index is -1.31. The van der Waals surface area contributed by atoms with Crippen LogP contribution in [0.5, 0.6) is 0 Å². The molecule has 7 nitrogen and oxygen atoms in total. The van der Waals surface area contributed by atoms with Gasteiger partial charge in [-0.3, -0.25) is 0 Å². The van der Waals surface area contributed by atoms with E-state index in [0.717, 1.165) is 6.07 Å². The molecule has 1 aromatic carbocycles. The molecule has 0 aliphatic carbocycles. The zero-order valence-corrected chi connectivity index (χ0v) is 10.3. The summed E-state index contributed by atoms with van der Waals surface area (Å²) in [6.45, 7) is -0.414. The number of amides is 2. The van der Waals surface area contributed by atoms with Crippen LogP contribution in [0.2, 0.25) is 0 Å². The van der Waals surface area contributed by atoms with Crippen LogP contribution in [0.1, 0.15) is 12.0 Å². The Bertz CT molecular complexity index is 556. The molecule has 0 aliphatic rings. The van der Waals surface area contributed by atoms with Crippen LogP contribution in [0.15, 0.2) is 18.2 Å². The largest absolute Gasteiger partial charge is 0.480 e. The fourth-order valence-electron chi connectivity index (χ4n) is 1.39. The fourth-order valence-corrected chi connectivity index (χ4v) is 1.39. The summed E-state index contributed by atoms with van der Waals surface area (Å²) in [5.41, 5.74) is -0.0909. The first-order valence-corrected chi connectivity index (χ1v) is 5.58. The number of carboxylic acid groups (broad SMARTS) is 1. The third-order valence-corrected chi connectivity index (χ3v) is 2.37. The monoisotopic (exact) mass is 281 g/mol. The van der Waals surface area contributed by atoms with Gasteiger partial charge < -0.3 is 20.8 Å². The standard InChI is InChI=1S/C12H12FN3O4/c13-8-5-7(6-14)1-2-9(8)15-12(20)16-10(3-4-17)11(18)19/h1-2,5,10,17H,3-4H2,(H,18,19)(H2,15,16,20)/t10-/m0/s1. The zero-order chi connectivity index (χ0) is 15.1. The Morgan fingerprint density at radius 1 is 1.45 bits per heavy atom. The molecule has 20 heavy (non-hydrogen) atoms. The normalized spacial score (nSPS) is 11.2. The van der Waals surface area contributed by atoms with Gasteiger partial charge >= 0.3 is 12.0 Å². The summed E-state index contributed by atoms with van der Waals surface area (Å²) in [6.07, 6.45) is -0.168. The number of hydrogen-bond acceptors (Lipinski definition) is 4. The molecule has 0 saturated heterocycles. The predicted octanol–water partition coefficient (Wildman–Crippen LogP) is 0.654. The number of carboxylic acids is 1. The summed E-state index contributed by atoms with van der Waals surface area (Å²) in [7, 11) is 0. The SMILES string of the molecule is N#Cc1ccc(NC(=O)N[C@@H](CCO)C(=O)O)c(F)c1. The van der Waals surface area contributed by atoms with Gasteiger partial charge in [-0.15, -0.1) is 0 Å². The van der Waals surface area contributed by atoms with Crippen molar-refractivity contribution in [2.24, 2.45) is 0 Å². The van der Waals surface area contributed by atoms with E-state index in [-0.39, 0.29) is 17.7 Å². The van der Waals surface area contributed by atoms with Gasteiger partial charge in [0.25, 0.3) is 0 Å². The van der Waals surface area contributed by atoms with Crippen molar-refractivity contribution >= 4 is 17.7 Å². The maximum Gasteiger partial charge on any atom is 0.326 e. The summed E-state index contributed by atoms with van der Waals surface area (Å²) in [4.78, 5) is 22.3. The maximum absolute atomic E-state index is 13.5. The number of nitrogens with one attached hydrogen (secondary N) is 2. The molecule has 0 spiro atoms. The highest BCUT2D eigenvalue weighted by Crippen LogP contribution is 2.15. The molecule has 106 valence electrons. The van der Waals surface area contributed by atoms with Crippen LogP contribution in [-0.4, -0.2) is 34.9 Å². The minimum Gasteiger partial charge on any atom is -0.480 e. The highest BCUT2D eigenvalue weighted by molar-refractivity contribution is 5.92. The molecule has 0 fully saturated rings. The number of rotatable bonds is 5. The zero-order valence-electron chi connectivity index (χ0n) is 10.3. The van der Waals surface area contributed by atoms with Crippen molar-refractivity contribution < 1.29 is 24.2 Å². The number of carbonyl (C=O) groups is 2. The average Bonchev–Trinajstić information content (AvgIpc) is 2.40. The van der Waals surface area contributed by atoms with Gasteiger partial charge in [-0.25, -0.2) is 14.0 Å². The number of hydrogen-bond donors (Lipinski definition) is 4. The Balaban J connectivity index is 2.71. The Kier molecular flexibility index (Phi) is 5.43. The molecule has 0 heterocycles. The lowest BCUT2D eigenvalue weighted by atomic mass is 10.2. The van der Waals surface area contributed by atoms with E-state index in [1.165, 1.54) is 12.1 Å². The summed E-state index contributed by atoms with van der Waals surface area (Å²) in [5, 5.41) is 30.2. The Morgan fingerprint density at radius 3 is 2.65 bits per heavy atom. The van der Waals surface area contributed by atoms with Gasteiger partial charge in [0.2, 0.25) is 0 Å². The predicted molar refractivity (Wildman–Crippen MR) is 66.4 cm³/mol. The van der Waals surface area contributed by atoms with Crippen molar-refractivity contribution in [3.63, 3.8) is 0 Å². The Labute approximate surface area is 113 Å². The number of aliphatic hydroxyl groups excluding tert-OH is 1. The number of aliphatic carboxylic acids is 1. The molecular formula is C12H12FN3O4. The maximum atomic E-state index is 13.5. The number of carbonyl (C=O) groups excluding carboxylic acids is 1. The summed E-state index contributed by atoms with van der Waals surface area (Å²) in [5.74, 6) is -2.12. The van der Waals surface area contributed by atoms with Crippen LogP contribution in [-0.2, 0) is 4.79 Å². The van der Waals surface area contributed by atoms with Crippen LogP contribution in [0, 0.1) is 17.1 Å². The molecule has 0 aliphatic heterocycles. The van der Waals surface area contributed by atoms with E-state index < -0.39 is 30.5 Å². The fraction of sp³-hybridized carbons (Fsp3) is 0.250. The number of benzene rings is 1. The number of anilines is 1. The summed E-state index contributed by atoms with van der Waals surface area (Å²) in [6, 6.07) is 2.98. The number of nitrogens with zero attached hydrogens (tertiary/aromatic N) is 1. The van der Waals surface area contributed by atoms with E-state index in [9.17, 15) is 14.0 Å². The van der Waals surface area contributed by atoms with Gasteiger partial charge in [-0.2, -0.15) is 5.26 Å². The topological polar surface area (TPSA) is 122 Å². The van der Waals surface area contributed by atoms with E-state index in [1.54, 1.807) is 6.07 Å². The van der Waals surface area contributed by atoms with Crippen molar-refractivity contribution in [2.75, 3.05) is 11.9 Å². The molecule has 1 aromatic rings. The van der Waals surface area contributed by atoms with Gasteiger partial charge in [0, 0.05) is 13.0 Å². The first-order chi connectivity index (χ1) is 9.47. The van der Waals surface area contributed by atoms with E-state index in [1.807, 2.05) is 0 Å². The van der Waals surface area contributed by atoms with Gasteiger partial charge in [0.05, 0.1) is 17.3 Å². The van der Waals surface area contributed by atoms with Crippen LogP contribution < -0.4 is 10.6 Å². The molecule has 2 amide bonds. The van der Waals surface area contributed by atoms with E-state index in [4.69, 9.17) is 15.5 Å². The molecule has 0 aromatic heterocycles. The number of nitriles is 1. The first kappa shape index (κ1) is 15.4.